The predicted octanol–water partition coefficient (Wildman–Crippen LogP) is -0.318. The van der Waals surface area contributed by atoms with Crippen LogP contribution in [0.3, 0.4) is 0 Å². The highest BCUT2D eigenvalue weighted by Gasteiger charge is 2.20. The summed E-state index contributed by atoms with van der Waals surface area (Å²) >= 11 is 0. The quantitative estimate of drug-likeness (QED) is 0.466. The van der Waals surface area contributed by atoms with Crippen molar-refractivity contribution in [1.82, 2.24) is 0 Å². The number of rotatable bonds is 0. The van der Waals surface area contributed by atoms with Gasteiger partial charge in [-0.1, -0.05) is 0 Å². The van der Waals surface area contributed by atoms with Crippen LogP contribution in [0.4, 0.5) is 0 Å². The molecule has 4 heteroatoms. The lowest BCUT2D eigenvalue weighted by Crippen LogP contribution is -2.24. The highest BCUT2D eigenvalue weighted by molar-refractivity contribution is 5.85. The van der Waals surface area contributed by atoms with Gasteiger partial charge in [0.25, 0.3) is 0 Å². The van der Waals surface area contributed by atoms with Gasteiger partial charge in [0.2, 0.25) is 0 Å². The van der Waals surface area contributed by atoms with Gasteiger partial charge in [0.1, 0.15) is 6.04 Å². The van der Waals surface area contributed by atoms with E-state index in [1.54, 1.807) is 0 Å². The average Bonchev–Trinajstić information content (AvgIpc) is 1.91. The summed E-state index contributed by atoms with van der Waals surface area (Å²) in [5.41, 5.74) is 5.20. The van der Waals surface area contributed by atoms with Crippen molar-refractivity contribution in [3.05, 3.63) is 0 Å². The Morgan fingerprint density at radius 1 is 1.75 bits per heavy atom. The van der Waals surface area contributed by atoms with Gasteiger partial charge < -0.3 is 10.5 Å². The summed E-state index contributed by atoms with van der Waals surface area (Å²) in [6, 6.07) is -0.347. The number of nitrogens with two attached hydrogens (primary N) is 1. The molecule has 0 aliphatic carbocycles. The lowest BCUT2D eigenvalue weighted by Gasteiger charge is -1.89. The molecule has 0 saturated carbocycles. The maximum absolute atomic E-state index is 10.2. The molecule has 0 amide bonds. The van der Waals surface area contributed by atoms with Crippen LogP contribution in [0, 0.1) is 0 Å². The predicted molar refractivity (Wildman–Crippen MR) is 30.8 cm³/mol. The van der Waals surface area contributed by atoms with Gasteiger partial charge in [0.05, 0.1) is 6.61 Å². The summed E-state index contributed by atoms with van der Waals surface area (Å²) in [5.74, 6) is -0.264. The number of halogens is 1. The number of hydrogen-bond donors (Lipinski definition) is 1. The van der Waals surface area contributed by atoms with Crippen molar-refractivity contribution in [2.75, 3.05) is 6.61 Å². The zero-order valence-corrected chi connectivity index (χ0v) is 5.11. The van der Waals surface area contributed by atoms with Crippen molar-refractivity contribution >= 4 is 18.4 Å². The van der Waals surface area contributed by atoms with Crippen molar-refractivity contribution in [1.29, 1.82) is 0 Å². The van der Waals surface area contributed by atoms with Gasteiger partial charge in [-0.25, -0.2) is 0 Å². The van der Waals surface area contributed by atoms with E-state index in [9.17, 15) is 4.79 Å². The highest BCUT2D eigenvalue weighted by Crippen LogP contribution is 2.00. The molecular weight excluding hydrogens is 130 g/mol. The first-order valence-corrected chi connectivity index (χ1v) is 2.23. The molecule has 0 unspecified atom stereocenters. The average molecular weight is 138 g/mol. The van der Waals surface area contributed by atoms with E-state index >= 15 is 0 Å². The Balaban J connectivity index is 0.000000490. The standard InChI is InChI=1S/C4H7NO2.ClH/c5-3-1-2-7-4(3)6;/h3H,1-2,5H2;1H/t3-;/m0./s1. The minimum absolute atomic E-state index is 0. The fraction of sp³-hybridized carbons (Fsp3) is 0.750. The molecule has 0 aromatic heterocycles. The summed E-state index contributed by atoms with van der Waals surface area (Å²) < 4.78 is 4.50. The summed E-state index contributed by atoms with van der Waals surface area (Å²) in [4.78, 5) is 10.2. The fourth-order valence-corrected chi connectivity index (χ4v) is 0.511. The number of ether oxygens (including phenoxy) is 1. The number of esters is 1. The van der Waals surface area contributed by atoms with E-state index in [1.165, 1.54) is 0 Å². The Bertz CT molecular complexity index is 96.0. The molecule has 1 aliphatic rings. The molecule has 0 bridgehead atoms. The van der Waals surface area contributed by atoms with Crippen molar-refractivity contribution < 1.29 is 9.53 Å². The Morgan fingerprint density at radius 2 is 2.38 bits per heavy atom. The molecule has 1 rings (SSSR count). The van der Waals surface area contributed by atoms with Gasteiger partial charge in [-0.05, 0) is 0 Å². The summed E-state index contributed by atoms with van der Waals surface area (Å²) in [6.45, 7) is 0.500. The zero-order valence-electron chi connectivity index (χ0n) is 4.29. The molecule has 0 aromatic rings. The minimum atomic E-state index is -0.347. The topological polar surface area (TPSA) is 52.3 Å². The van der Waals surface area contributed by atoms with Gasteiger partial charge in [-0.2, -0.15) is 0 Å². The molecule has 1 atom stereocenters. The molecule has 0 spiro atoms. The van der Waals surface area contributed by atoms with Crippen LogP contribution in [-0.2, 0) is 9.53 Å². The third kappa shape index (κ3) is 1.35. The van der Waals surface area contributed by atoms with Crippen LogP contribution in [0.15, 0.2) is 0 Å². The molecule has 0 radical (unpaired) electrons. The molecule has 1 aliphatic heterocycles. The SMILES string of the molecule is Cl.N[C@H]1CCOC1=O. The maximum Gasteiger partial charge on any atom is 0.323 e. The van der Waals surface area contributed by atoms with Crippen LogP contribution >= 0.6 is 12.4 Å². The van der Waals surface area contributed by atoms with Crippen molar-refractivity contribution in [3.8, 4) is 0 Å². The van der Waals surface area contributed by atoms with Crippen LogP contribution in [0.2, 0.25) is 0 Å². The molecular formula is C4H8ClNO2. The van der Waals surface area contributed by atoms with Crippen LogP contribution < -0.4 is 5.73 Å². The van der Waals surface area contributed by atoms with E-state index < -0.39 is 0 Å². The second-order valence-electron chi connectivity index (χ2n) is 1.56. The Hall–Kier alpha value is -0.280. The highest BCUT2D eigenvalue weighted by atomic mass is 35.5. The monoisotopic (exact) mass is 137 g/mol. The van der Waals surface area contributed by atoms with Crippen LogP contribution in [0.25, 0.3) is 0 Å². The van der Waals surface area contributed by atoms with Crippen molar-refractivity contribution in [2.45, 2.75) is 12.5 Å². The largest absolute Gasteiger partial charge is 0.464 e. The third-order valence-electron chi connectivity index (χ3n) is 0.976. The van der Waals surface area contributed by atoms with Crippen LogP contribution in [0.1, 0.15) is 6.42 Å². The second kappa shape index (κ2) is 2.89. The lowest BCUT2D eigenvalue weighted by atomic mass is 10.3. The first-order chi connectivity index (χ1) is 3.30. The molecule has 3 nitrogen and oxygen atoms in total. The zero-order chi connectivity index (χ0) is 5.28. The van der Waals surface area contributed by atoms with E-state index in [4.69, 9.17) is 5.73 Å². The van der Waals surface area contributed by atoms with E-state index in [0.717, 1.165) is 0 Å². The Labute approximate surface area is 53.6 Å². The molecule has 1 heterocycles. The van der Waals surface area contributed by atoms with Crippen LogP contribution in [0.5, 0.6) is 0 Å². The van der Waals surface area contributed by atoms with E-state index in [0.29, 0.717) is 13.0 Å². The van der Waals surface area contributed by atoms with Crippen LogP contribution in [-0.4, -0.2) is 18.6 Å². The number of hydrogen-bond acceptors (Lipinski definition) is 3. The number of cyclic esters (lactones) is 1. The lowest BCUT2D eigenvalue weighted by molar-refractivity contribution is -0.139. The Morgan fingerprint density at radius 3 is 2.50 bits per heavy atom. The van der Waals surface area contributed by atoms with Gasteiger partial charge in [0.15, 0.2) is 0 Å². The Kier molecular flexibility index (Phi) is 2.79. The minimum Gasteiger partial charge on any atom is -0.464 e. The molecule has 1 fully saturated rings. The normalized spacial score (nSPS) is 26.6. The van der Waals surface area contributed by atoms with Gasteiger partial charge in [0, 0.05) is 6.42 Å². The summed E-state index contributed by atoms with van der Waals surface area (Å²) in [7, 11) is 0. The molecule has 2 N–H and O–H groups in total. The van der Waals surface area contributed by atoms with E-state index in [-0.39, 0.29) is 24.4 Å². The van der Waals surface area contributed by atoms with Gasteiger partial charge in [-0.3, -0.25) is 4.79 Å². The number of carbonyl (C=O) groups excluding carboxylic acids is 1. The van der Waals surface area contributed by atoms with Crippen molar-refractivity contribution in [3.63, 3.8) is 0 Å². The third-order valence-corrected chi connectivity index (χ3v) is 0.976. The molecule has 0 aromatic carbocycles. The summed E-state index contributed by atoms with van der Waals surface area (Å²) in [6.07, 6.45) is 0.679. The van der Waals surface area contributed by atoms with E-state index in [2.05, 4.69) is 4.74 Å². The van der Waals surface area contributed by atoms with Gasteiger partial charge in [-0.15, -0.1) is 12.4 Å². The second-order valence-corrected chi connectivity index (χ2v) is 1.56. The first kappa shape index (κ1) is 7.72. The van der Waals surface area contributed by atoms with E-state index in [1.807, 2.05) is 0 Å². The maximum atomic E-state index is 10.2. The molecule has 8 heavy (non-hydrogen) atoms. The van der Waals surface area contributed by atoms with Crippen molar-refractivity contribution in [2.24, 2.45) is 5.73 Å². The first-order valence-electron chi connectivity index (χ1n) is 2.23. The fourth-order valence-electron chi connectivity index (χ4n) is 0.511. The smallest absolute Gasteiger partial charge is 0.323 e. The molecule has 48 valence electrons. The molecule has 1 saturated heterocycles. The van der Waals surface area contributed by atoms with Gasteiger partial charge >= 0.3 is 5.97 Å². The number of carbonyl (C=O) groups is 1. The summed E-state index contributed by atoms with van der Waals surface area (Å²) in [5, 5.41) is 0.